The van der Waals surface area contributed by atoms with Gasteiger partial charge in [-0.25, -0.2) is 0 Å². The van der Waals surface area contributed by atoms with Crippen LogP contribution in [-0.4, -0.2) is 67.7 Å². The number of phenolic OH excluding ortho intramolecular Hbond substituents is 1. The first kappa shape index (κ1) is 28.5. The van der Waals surface area contributed by atoms with Crippen LogP contribution in [0.1, 0.15) is 66.2 Å². The first-order chi connectivity index (χ1) is 17.0. The molecule has 0 spiro atoms. The van der Waals surface area contributed by atoms with Crippen LogP contribution >= 0.6 is 11.8 Å². The number of hydrogen-bond acceptors (Lipinski definition) is 7. The van der Waals surface area contributed by atoms with Crippen LogP contribution in [-0.2, 0) is 17.6 Å². The van der Waals surface area contributed by atoms with Crippen LogP contribution in [0.25, 0.3) is 0 Å². The highest BCUT2D eigenvalue weighted by atomic mass is 32.2. The van der Waals surface area contributed by atoms with Gasteiger partial charge in [-0.2, -0.15) is 0 Å². The van der Waals surface area contributed by atoms with Crippen molar-refractivity contribution in [3.8, 4) is 5.75 Å². The average molecular weight is 518 g/mol. The standard InChI is InChI=1S/C28H39NO6S/c1-17-11-23(32)22(27-26(35)24(33)14-21(15-30)36-27)13-20(17)12-19-9-7-18(8-10-19)5-4-6-25(34)29-28(2,3)16-31/h7-11,13,21,24,26-27,30-33,35H,4-6,12,14-16H2,1-3H3,(H,29,34)/t21-,24-,26+,27-/m0/s1. The summed E-state index contributed by atoms with van der Waals surface area (Å²) in [6.45, 7) is 5.31. The number of aryl methyl sites for hydroxylation is 2. The van der Waals surface area contributed by atoms with Gasteiger partial charge >= 0.3 is 0 Å². The maximum Gasteiger partial charge on any atom is 0.220 e. The van der Waals surface area contributed by atoms with E-state index in [0.717, 1.165) is 35.1 Å². The summed E-state index contributed by atoms with van der Waals surface area (Å²) in [4.78, 5) is 12.1. The first-order valence-electron chi connectivity index (χ1n) is 12.5. The Hall–Kier alpha value is -2.10. The summed E-state index contributed by atoms with van der Waals surface area (Å²) in [5.41, 5.74) is 4.16. The van der Waals surface area contributed by atoms with Gasteiger partial charge in [0.05, 0.1) is 36.2 Å². The van der Waals surface area contributed by atoms with Crippen molar-refractivity contribution in [2.24, 2.45) is 0 Å². The lowest BCUT2D eigenvalue weighted by atomic mass is 9.92. The highest BCUT2D eigenvalue weighted by Gasteiger charge is 2.38. The van der Waals surface area contributed by atoms with Gasteiger partial charge in [0.2, 0.25) is 5.91 Å². The zero-order valence-corrected chi connectivity index (χ0v) is 22.1. The van der Waals surface area contributed by atoms with Gasteiger partial charge in [-0.15, -0.1) is 11.8 Å². The summed E-state index contributed by atoms with van der Waals surface area (Å²) in [5, 5.41) is 52.4. The normalized spacial score (nSPS) is 22.4. The fourth-order valence-electron chi connectivity index (χ4n) is 4.48. The number of aliphatic hydroxyl groups is 4. The minimum Gasteiger partial charge on any atom is -0.508 e. The van der Waals surface area contributed by atoms with Gasteiger partial charge in [0, 0.05) is 17.2 Å². The third-order valence-corrected chi connectivity index (χ3v) is 8.26. The highest BCUT2D eigenvalue weighted by molar-refractivity contribution is 8.00. The van der Waals surface area contributed by atoms with Crippen molar-refractivity contribution < 1.29 is 30.3 Å². The van der Waals surface area contributed by atoms with E-state index >= 15 is 0 Å². The fourth-order valence-corrected chi connectivity index (χ4v) is 5.97. The van der Waals surface area contributed by atoms with Crippen molar-refractivity contribution in [1.29, 1.82) is 0 Å². The summed E-state index contributed by atoms with van der Waals surface area (Å²) in [5.74, 6) is 0.0173. The molecule has 1 saturated heterocycles. The molecule has 1 amide bonds. The summed E-state index contributed by atoms with van der Waals surface area (Å²) >= 11 is 1.39. The van der Waals surface area contributed by atoms with Crippen LogP contribution in [0, 0.1) is 6.92 Å². The second-order valence-electron chi connectivity index (χ2n) is 10.4. The van der Waals surface area contributed by atoms with Crippen molar-refractivity contribution in [3.05, 3.63) is 64.2 Å². The number of hydrogen-bond donors (Lipinski definition) is 6. The predicted molar refractivity (Wildman–Crippen MR) is 142 cm³/mol. The van der Waals surface area contributed by atoms with Crippen LogP contribution in [0.2, 0.25) is 0 Å². The summed E-state index contributed by atoms with van der Waals surface area (Å²) in [6.07, 6.45) is 0.897. The lowest BCUT2D eigenvalue weighted by molar-refractivity contribution is -0.123. The van der Waals surface area contributed by atoms with Gasteiger partial charge in [0.1, 0.15) is 5.75 Å². The number of carbonyl (C=O) groups excluding carboxylic acids is 1. The van der Waals surface area contributed by atoms with E-state index in [4.69, 9.17) is 0 Å². The van der Waals surface area contributed by atoms with E-state index in [1.165, 1.54) is 11.8 Å². The number of nitrogens with one attached hydrogen (secondary N) is 1. The van der Waals surface area contributed by atoms with Crippen LogP contribution in [0.4, 0.5) is 0 Å². The Morgan fingerprint density at radius 2 is 1.78 bits per heavy atom. The predicted octanol–water partition coefficient (Wildman–Crippen LogP) is 2.76. The average Bonchev–Trinajstić information content (AvgIpc) is 2.83. The van der Waals surface area contributed by atoms with E-state index in [9.17, 15) is 30.3 Å². The topological polar surface area (TPSA) is 130 Å². The van der Waals surface area contributed by atoms with E-state index < -0.39 is 23.0 Å². The van der Waals surface area contributed by atoms with Crippen molar-refractivity contribution in [3.63, 3.8) is 0 Å². The van der Waals surface area contributed by atoms with Crippen LogP contribution < -0.4 is 5.32 Å². The van der Waals surface area contributed by atoms with Crippen molar-refractivity contribution in [2.45, 2.75) is 81.1 Å². The largest absolute Gasteiger partial charge is 0.508 e. The molecule has 198 valence electrons. The number of phenols is 1. The Morgan fingerprint density at radius 1 is 1.11 bits per heavy atom. The zero-order chi connectivity index (χ0) is 26.5. The Morgan fingerprint density at radius 3 is 2.42 bits per heavy atom. The minimum atomic E-state index is -1.02. The quantitative estimate of drug-likeness (QED) is 0.286. The Balaban J connectivity index is 1.64. The lowest BCUT2D eigenvalue weighted by Crippen LogP contribution is -2.46. The van der Waals surface area contributed by atoms with Gasteiger partial charge in [-0.1, -0.05) is 30.3 Å². The van der Waals surface area contributed by atoms with Crippen molar-refractivity contribution in [1.82, 2.24) is 5.32 Å². The highest BCUT2D eigenvalue weighted by Crippen LogP contribution is 2.46. The molecule has 6 N–H and O–H groups in total. The Kier molecular flexibility index (Phi) is 9.83. The molecule has 0 aromatic heterocycles. The zero-order valence-electron chi connectivity index (χ0n) is 21.3. The maximum atomic E-state index is 12.1. The second kappa shape index (κ2) is 12.4. The van der Waals surface area contributed by atoms with E-state index in [2.05, 4.69) is 29.6 Å². The first-order valence-corrected chi connectivity index (χ1v) is 13.4. The van der Waals surface area contributed by atoms with Gasteiger partial charge in [-0.05, 0) is 74.8 Å². The fraction of sp³-hybridized carbons (Fsp3) is 0.536. The molecule has 1 fully saturated rings. The minimum absolute atomic E-state index is 0.0663. The smallest absolute Gasteiger partial charge is 0.220 e. The number of benzene rings is 2. The number of amides is 1. The summed E-state index contributed by atoms with van der Waals surface area (Å²) in [7, 11) is 0. The van der Waals surface area contributed by atoms with Gasteiger partial charge in [0.25, 0.3) is 0 Å². The number of carbonyl (C=O) groups is 1. The molecular formula is C28H39NO6S. The molecular weight excluding hydrogens is 478 g/mol. The van der Waals surface area contributed by atoms with Gasteiger partial charge < -0.3 is 30.8 Å². The molecule has 36 heavy (non-hydrogen) atoms. The second-order valence-corrected chi connectivity index (χ2v) is 11.9. The third kappa shape index (κ3) is 7.46. The van der Waals surface area contributed by atoms with Crippen LogP contribution in [0.5, 0.6) is 5.75 Å². The summed E-state index contributed by atoms with van der Waals surface area (Å²) < 4.78 is 0. The van der Waals surface area contributed by atoms with E-state index in [1.54, 1.807) is 19.9 Å². The molecule has 0 unspecified atom stereocenters. The van der Waals surface area contributed by atoms with Gasteiger partial charge in [-0.3, -0.25) is 4.79 Å². The van der Waals surface area contributed by atoms with Crippen molar-refractivity contribution >= 4 is 17.7 Å². The molecule has 0 bridgehead atoms. The molecule has 0 aliphatic carbocycles. The maximum absolute atomic E-state index is 12.1. The van der Waals surface area contributed by atoms with E-state index in [-0.39, 0.29) is 30.1 Å². The SMILES string of the molecule is Cc1cc(O)c([C@@H]2S[C@H](CO)C[C@H](O)[C@H]2O)cc1Cc1ccc(CCCC(=O)NC(C)(C)CO)cc1. The molecule has 7 nitrogen and oxygen atoms in total. The molecule has 1 aliphatic rings. The number of aromatic hydroxyl groups is 1. The Bertz CT molecular complexity index is 1030. The molecule has 2 aromatic rings. The third-order valence-electron chi connectivity index (χ3n) is 6.70. The number of rotatable bonds is 10. The molecule has 0 radical (unpaired) electrons. The lowest BCUT2D eigenvalue weighted by Gasteiger charge is -2.36. The number of aliphatic hydroxyl groups excluding tert-OH is 4. The van der Waals surface area contributed by atoms with Crippen LogP contribution in [0.3, 0.4) is 0 Å². The molecule has 2 aromatic carbocycles. The number of thioether (sulfide) groups is 1. The molecule has 1 aliphatic heterocycles. The van der Waals surface area contributed by atoms with Gasteiger partial charge in [0.15, 0.2) is 0 Å². The van der Waals surface area contributed by atoms with Crippen LogP contribution in [0.15, 0.2) is 36.4 Å². The molecule has 3 rings (SSSR count). The summed E-state index contributed by atoms with van der Waals surface area (Å²) in [6, 6.07) is 11.8. The molecule has 1 heterocycles. The molecule has 4 atom stereocenters. The monoisotopic (exact) mass is 517 g/mol. The molecule has 8 heteroatoms. The van der Waals surface area contributed by atoms with E-state index in [0.29, 0.717) is 24.8 Å². The van der Waals surface area contributed by atoms with E-state index in [1.807, 2.05) is 13.0 Å². The molecule has 0 saturated carbocycles. The Labute approximate surface area is 217 Å². The van der Waals surface area contributed by atoms with Crippen molar-refractivity contribution in [2.75, 3.05) is 13.2 Å².